The average Bonchev–Trinajstić information content (AvgIpc) is 2.76. The van der Waals surface area contributed by atoms with Crippen molar-refractivity contribution >= 4 is 17.6 Å². The van der Waals surface area contributed by atoms with E-state index in [-0.39, 0.29) is 0 Å². The van der Waals surface area contributed by atoms with Crippen molar-refractivity contribution in [3.8, 4) is 0 Å². The summed E-state index contributed by atoms with van der Waals surface area (Å²) < 4.78 is 5.05. The van der Waals surface area contributed by atoms with Crippen LogP contribution >= 0.6 is 11.8 Å². The smallest absolute Gasteiger partial charge is 0.237 e. The van der Waals surface area contributed by atoms with Crippen molar-refractivity contribution in [2.45, 2.75) is 24.1 Å². The Bertz CT molecular complexity index is 472. The summed E-state index contributed by atoms with van der Waals surface area (Å²) in [4.78, 5) is 12.2. The van der Waals surface area contributed by atoms with E-state index in [9.17, 15) is 0 Å². The van der Waals surface area contributed by atoms with Crippen LogP contribution in [0.25, 0.3) is 0 Å². The summed E-state index contributed by atoms with van der Waals surface area (Å²) in [5.41, 5.74) is 5.65. The van der Waals surface area contributed by atoms with E-state index in [0.717, 1.165) is 6.42 Å². The van der Waals surface area contributed by atoms with Crippen LogP contribution in [0.1, 0.15) is 18.6 Å². The molecule has 2 aromatic heterocycles. The maximum absolute atomic E-state index is 5.65. The fraction of sp³-hybridized carbons (Fsp3) is 0.333. The highest BCUT2D eigenvalue weighted by Crippen LogP contribution is 2.23. The van der Waals surface area contributed by atoms with E-state index in [1.54, 1.807) is 12.4 Å². The number of nitrogens with two attached hydrogens (primary N) is 1. The molecule has 0 radical (unpaired) electrons. The van der Waals surface area contributed by atoms with Crippen LogP contribution in [0.5, 0.6) is 0 Å². The number of aryl methyl sites for hydroxylation is 1. The first kappa shape index (κ1) is 10.9. The molecule has 0 spiro atoms. The maximum atomic E-state index is 5.65. The van der Waals surface area contributed by atoms with Crippen LogP contribution in [-0.4, -0.2) is 20.1 Å². The minimum atomic E-state index is 0.419. The van der Waals surface area contributed by atoms with E-state index in [1.165, 1.54) is 11.8 Å². The van der Waals surface area contributed by atoms with E-state index < -0.39 is 0 Å². The largest absolute Gasteiger partial charge is 0.381 e. The first-order chi connectivity index (χ1) is 7.79. The Labute approximate surface area is 96.7 Å². The second-order valence-electron chi connectivity index (χ2n) is 2.99. The SMILES string of the molecule is CCc1noc(CSc2nccnc2N)n1. The van der Waals surface area contributed by atoms with Gasteiger partial charge in [-0.15, -0.1) is 0 Å². The Morgan fingerprint density at radius 2 is 2.19 bits per heavy atom. The highest BCUT2D eigenvalue weighted by molar-refractivity contribution is 7.98. The second-order valence-corrected chi connectivity index (χ2v) is 3.96. The summed E-state index contributed by atoms with van der Waals surface area (Å²) in [5, 5.41) is 4.48. The zero-order chi connectivity index (χ0) is 11.4. The summed E-state index contributed by atoms with van der Waals surface area (Å²) in [7, 11) is 0. The molecule has 0 aliphatic heterocycles. The summed E-state index contributed by atoms with van der Waals surface area (Å²) >= 11 is 1.43. The van der Waals surface area contributed by atoms with E-state index in [1.807, 2.05) is 6.92 Å². The first-order valence-electron chi connectivity index (χ1n) is 4.80. The van der Waals surface area contributed by atoms with Gasteiger partial charge >= 0.3 is 0 Å². The molecule has 0 aliphatic carbocycles. The normalized spacial score (nSPS) is 10.6. The molecule has 0 amide bonds. The zero-order valence-corrected chi connectivity index (χ0v) is 9.57. The van der Waals surface area contributed by atoms with Gasteiger partial charge < -0.3 is 10.3 Å². The maximum Gasteiger partial charge on any atom is 0.237 e. The summed E-state index contributed by atoms with van der Waals surface area (Å²) in [6, 6.07) is 0. The molecule has 16 heavy (non-hydrogen) atoms. The molecule has 0 fully saturated rings. The first-order valence-corrected chi connectivity index (χ1v) is 5.79. The predicted molar refractivity (Wildman–Crippen MR) is 59.7 cm³/mol. The van der Waals surface area contributed by atoms with E-state index in [2.05, 4.69) is 20.1 Å². The third kappa shape index (κ3) is 2.48. The Balaban J connectivity index is 1.99. The molecule has 2 heterocycles. The number of nitrogens with zero attached hydrogens (tertiary/aromatic N) is 4. The Morgan fingerprint density at radius 1 is 1.38 bits per heavy atom. The van der Waals surface area contributed by atoms with Crippen LogP contribution in [0.4, 0.5) is 5.82 Å². The Hall–Kier alpha value is -1.63. The van der Waals surface area contributed by atoms with Crippen molar-refractivity contribution in [2.75, 3.05) is 5.73 Å². The van der Waals surface area contributed by atoms with Gasteiger partial charge in [-0.1, -0.05) is 23.8 Å². The van der Waals surface area contributed by atoms with Gasteiger partial charge in [-0.3, -0.25) is 0 Å². The van der Waals surface area contributed by atoms with Crippen LogP contribution < -0.4 is 5.73 Å². The molecule has 0 saturated carbocycles. The lowest BCUT2D eigenvalue weighted by molar-refractivity contribution is 0.385. The molecule has 0 saturated heterocycles. The van der Waals surface area contributed by atoms with Gasteiger partial charge in [0.05, 0.1) is 5.75 Å². The standard InChI is InChI=1S/C9H11N5OS/c1-2-6-13-7(15-14-6)5-16-9-8(10)11-3-4-12-9/h3-4H,2,5H2,1H3,(H2,10,11). The number of anilines is 1. The van der Waals surface area contributed by atoms with Gasteiger partial charge in [0.15, 0.2) is 11.6 Å². The third-order valence-corrected chi connectivity index (χ3v) is 2.83. The average molecular weight is 237 g/mol. The molecule has 0 atom stereocenters. The lowest BCUT2D eigenvalue weighted by Crippen LogP contribution is -1.95. The van der Waals surface area contributed by atoms with Gasteiger partial charge in [-0.2, -0.15) is 4.98 Å². The zero-order valence-electron chi connectivity index (χ0n) is 8.75. The van der Waals surface area contributed by atoms with Gasteiger partial charge in [0.2, 0.25) is 5.89 Å². The number of hydrogen-bond donors (Lipinski definition) is 1. The monoisotopic (exact) mass is 237 g/mol. The molecule has 2 N–H and O–H groups in total. The number of thioether (sulfide) groups is 1. The quantitative estimate of drug-likeness (QED) is 0.801. The molecule has 0 unspecified atom stereocenters. The van der Waals surface area contributed by atoms with E-state index in [4.69, 9.17) is 10.3 Å². The second kappa shape index (κ2) is 4.93. The van der Waals surface area contributed by atoms with Crippen LogP contribution in [-0.2, 0) is 12.2 Å². The highest BCUT2D eigenvalue weighted by atomic mass is 32.2. The fourth-order valence-electron chi connectivity index (χ4n) is 1.07. The van der Waals surface area contributed by atoms with Crippen LogP contribution in [0.15, 0.2) is 21.9 Å². The van der Waals surface area contributed by atoms with Crippen molar-refractivity contribution in [3.63, 3.8) is 0 Å². The molecule has 2 rings (SSSR count). The summed E-state index contributed by atoms with van der Waals surface area (Å²) in [6.45, 7) is 1.97. The molecule has 0 bridgehead atoms. The lowest BCUT2D eigenvalue weighted by Gasteiger charge is -1.99. The molecular weight excluding hydrogens is 226 g/mol. The molecule has 84 valence electrons. The number of aromatic nitrogens is 4. The molecule has 6 nitrogen and oxygen atoms in total. The van der Waals surface area contributed by atoms with Gasteiger partial charge in [0.1, 0.15) is 5.03 Å². The Kier molecular flexibility index (Phi) is 3.35. The fourth-order valence-corrected chi connectivity index (χ4v) is 1.78. The van der Waals surface area contributed by atoms with Crippen molar-refractivity contribution < 1.29 is 4.52 Å². The van der Waals surface area contributed by atoms with Crippen molar-refractivity contribution in [3.05, 3.63) is 24.1 Å². The molecule has 2 aromatic rings. The van der Waals surface area contributed by atoms with Crippen molar-refractivity contribution in [2.24, 2.45) is 0 Å². The summed E-state index contributed by atoms with van der Waals surface area (Å²) in [6.07, 6.45) is 3.92. The third-order valence-electron chi connectivity index (χ3n) is 1.85. The Morgan fingerprint density at radius 3 is 2.88 bits per heavy atom. The number of rotatable bonds is 4. The summed E-state index contributed by atoms with van der Waals surface area (Å²) in [5.74, 6) is 2.26. The van der Waals surface area contributed by atoms with Crippen molar-refractivity contribution in [1.82, 2.24) is 20.1 Å². The topological polar surface area (TPSA) is 90.7 Å². The van der Waals surface area contributed by atoms with Gasteiger partial charge in [0.25, 0.3) is 0 Å². The minimum absolute atomic E-state index is 0.419. The van der Waals surface area contributed by atoms with Gasteiger partial charge in [-0.25, -0.2) is 9.97 Å². The molecule has 0 aromatic carbocycles. The van der Waals surface area contributed by atoms with E-state index in [0.29, 0.717) is 28.3 Å². The van der Waals surface area contributed by atoms with Crippen LogP contribution in [0, 0.1) is 0 Å². The van der Waals surface area contributed by atoms with Gasteiger partial charge in [0, 0.05) is 18.8 Å². The van der Waals surface area contributed by atoms with Crippen molar-refractivity contribution in [1.29, 1.82) is 0 Å². The van der Waals surface area contributed by atoms with Gasteiger partial charge in [-0.05, 0) is 0 Å². The molecule has 7 heteroatoms. The van der Waals surface area contributed by atoms with E-state index >= 15 is 0 Å². The molecule has 0 aliphatic rings. The van der Waals surface area contributed by atoms with Crippen LogP contribution in [0.3, 0.4) is 0 Å². The molecular formula is C9H11N5OS. The number of hydrogen-bond acceptors (Lipinski definition) is 7. The predicted octanol–water partition coefficient (Wildman–Crippen LogP) is 1.30. The number of nitrogen functional groups attached to an aromatic ring is 1. The highest BCUT2D eigenvalue weighted by Gasteiger charge is 2.07. The lowest BCUT2D eigenvalue weighted by atomic mass is 10.5. The van der Waals surface area contributed by atoms with Crippen LogP contribution in [0.2, 0.25) is 0 Å². The minimum Gasteiger partial charge on any atom is -0.381 e.